The van der Waals surface area contributed by atoms with E-state index in [0.717, 1.165) is 5.56 Å². The Kier molecular flexibility index (Phi) is 5.64. The molecular formula is C23H21FN4O3. The molecule has 0 fully saturated rings. The zero-order valence-electron chi connectivity index (χ0n) is 17.1. The van der Waals surface area contributed by atoms with Gasteiger partial charge in [-0.05, 0) is 26.2 Å². The summed E-state index contributed by atoms with van der Waals surface area (Å²) in [5, 5.41) is 11.5. The molecule has 0 atom stereocenters. The van der Waals surface area contributed by atoms with Crippen molar-refractivity contribution in [2.24, 2.45) is 0 Å². The Morgan fingerprint density at radius 2 is 1.81 bits per heavy atom. The summed E-state index contributed by atoms with van der Waals surface area (Å²) in [6.45, 7) is 1.02. The van der Waals surface area contributed by atoms with E-state index in [1.807, 2.05) is 49.3 Å². The van der Waals surface area contributed by atoms with Gasteiger partial charge in [-0.2, -0.15) is 0 Å². The minimum absolute atomic E-state index is 0.0748. The predicted octanol–water partition coefficient (Wildman–Crippen LogP) is 4.88. The van der Waals surface area contributed by atoms with Crippen molar-refractivity contribution in [3.05, 3.63) is 76.6 Å². The van der Waals surface area contributed by atoms with Gasteiger partial charge in [0.15, 0.2) is 5.82 Å². The van der Waals surface area contributed by atoms with Crippen molar-refractivity contribution >= 4 is 16.7 Å². The molecule has 4 rings (SSSR count). The summed E-state index contributed by atoms with van der Waals surface area (Å²) in [6, 6.07) is 16.9. The van der Waals surface area contributed by atoms with Crippen LogP contribution in [0.1, 0.15) is 0 Å². The second-order valence-corrected chi connectivity index (χ2v) is 7.34. The molecule has 7 nitrogen and oxygen atoms in total. The highest BCUT2D eigenvalue weighted by atomic mass is 19.1. The molecule has 0 saturated carbocycles. The van der Waals surface area contributed by atoms with E-state index >= 15 is 4.39 Å². The number of H-pyrrole nitrogens is 1. The highest BCUT2D eigenvalue weighted by Crippen LogP contribution is 2.39. The van der Waals surface area contributed by atoms with Crippen LogP contribution < -0.4 is 4.74 Å². The number of rotatable bonds is 7. The number of para-hydroxylation sites is 1. The number of nitrogens with zero attached hydrogens (tertiary/aromatic N) is 3. The lowest BCUT2D eigenvalue weighted by Gasteiger charge is -2.13. The minimum Gasteiger partial charge on any atom is -0.490 e. The third kappa shape index (κ3) is 4.10. The van der Waals surface area contributed by atoms with E-state index in [9.17, 15) is 10.1 Å². The minimum atomic E-state index is -0.636. The standard InChI is InChI=1S/C23H21FN4O3/c1-27(2)12-13-31-19-14-17(16-10-6-7-11-18(16)28(29)30)20(24)22-21(19)25-23(26-22)15-8-4-3-5-9-15/h3-11,14H,12-13H2,1-2H3,(H,25,26). The van der Waals surface area contributed by atoms with Crippen LogP contribution in [0.4, 0.5) is 10.1 Å². The van der Waals surface area contributed by atoms with E-state index in [1.54, 1.807) is 12.1 Å². The van der Waals surface area contributed by atoms with Gasteiger partial charge in [0.2, 0.25) is 0 Å². The molecule has 4 aromatic rings. The normalized spacial score (nSPS) is 11.2. The Labute approximate surface area is 178 Å². The Morgan fingerprint density at radius 1 is 1.10 bits per heavy atom. The Hall–Kier alpha value is -3.78. The van der Waals surface area contributed by atoms with Gasteiger partial charge >= 0.3 is 0 Å². The maximum atomic E-state index is 15.6. The molecule has 1 N–H and O–H groups in total. The SMILES string of the molecule is CN(C)CCOc1cc(-c2ccccc2[N+](=O)[O-])c(F)c2nc(-c3ccccc3)[nH]c12. The molecule has 0 amide bonds. The summed E-state index contributed by atoms with van der Waals surface area (Å²) in [6.07, 6.45) is 0. The van der Waals surface area contributed by atoms with Crippen LogP contribution in [0.5, 0.6) is 5.75 Å². The topological polar surface area (TPSA) is 84.3 Å². The van der Waals surface area contributed by atoms with Crippen LogP contribution >= 0.6 is 0 Å². The molecule has 1 aromatic heterocycles. The number of nitro groups is 1. The number of hydrogen-bond acceptors (Lipinski definition) is 5. The predicted molar refractivity (Wildman–Crippen MR) is 118 cm³/mol. The van der Waals surface area contributed by atoms with Gasteiger partial charge in [0.05, 0.1) is 10.5 Å². The number of hydrogen-bond donors (Lipinski definition) is 1. The maximum Gasteiger partial charge on any atom is 0.277 e. The van der Waals surface area contributed by atoms with Gasteiger partial charge in [0.1, 0.15) is 29.2 Å². The maximum absolute atomic E-state index is 15.6. The third-order valence-corrected chi connectivity index (χ3v) is 4.90. The van der Waals surface area contributed by atoms with E-state index < -0.39 is 10.7 Å². The van der Waals surface area contributed by atoms with Crippen LogP contribution in [0.3, 0.4) is 0 Å². The fourth-order valence-electron chi connectivity index (χ4n) is 3.35. The first-order chi connectivity index (χ1) is 15.0. The number of imidazole rings is 1. The molecule has 8 heteroatoms. The molecule has 0 spiro atoms. The number of aromatic amines is 1. The quantitative estimate of drug-likeness (QED) is 0.340. The molecule has 1 heterocycles. The van der Waals surface area contributed by atoms with Gasteiger partial charge in [-0.1, -0.05) is 42.5 Å². The molecular weight excluding hydrogens is 399 g/mol. The molecule has 0 saturated heterocycles. The Bertz CT molecular complexity index is 1240. The number of halogens is 1. The van der Waals surface area contributed by atoms with E-state index in [1.165, 1.54) is 18.2 Å². The first kappa shape index (κ1) is 20.5. The number of likely N-dealkylation sites (N-methyl/N-ethyl adjacent to an activating group) is 1. The summed E-state index contributed by atoms with van der Waals surface area (Å²) in [7, 11) is 3.85. The molecule has 0 radical (unpaired) electrons. The number of nitrogens with one attached hydrogen (secondary N) is 1. The van der Waals surface area contributed by atoms with Crippen LogP contribution in [0.25, 0.3) is 33.5 Å². The molecule has 0 aliphatic carbocycles. The fraction of sp³-hybridized carbons (Fsp3) is 0.174. The summed E-state index contributed by atoms with van der Waals surface area (Å²) >= 11 is 0. The smallest absolute Gasteiger partial charge is 0.277 e. The molecule has 0 bridgehead atoms. The van der Waals surface area contributed by atoms with Crippen molar-refractivity contribution in [2.75, 3.05) is 27.2 Å². The zero-order chi connectivity index (χ0) is 22.0. The Morgan fingerprint density at radius 3 is 2.52 bits per heavy atom. The average molecular weight is 420 g/mol. The average Bonchev–Trinajstić information content (AvgIpc) is 3.22. The van der Waals surface area contributed by atoms with Crippen molar-refractivity contribution in [3.63, 3.8) is 0 Å². The molecule has 31 heavy (non-hydrogen) atoms. The van der Waals surface area contributed by atoms with Gasteiger partial charge in [0, 0.05) is 23.7 Å². The summed E-state index contributed by atoms with van der Waals surface area (Å²) < 4.78 is 21.5. The number of nitro benzene ring substituents is 1. The Balaban J connectivity index is 1.91. The first-order valence-electron chi connectivity index (χ1n) is 9.74. The van der Waals surface area contributed by atoms with Crippen LogP contribution in [0.2, 0.25) is 0 Å². The largest absolute Gasteiger partial charge is 0.490 e. The highest BCUT2D eigenvalue weighted by molar-refractivity contribution is 5.92. The molecule has 0 aliphatic heterocycles. The van der Waals surface area contributed by atoms with Crippen molar-refractivity contribution in [2.45, 2.75) is 0 Å². The van der Waals surface area contributed by atoms with E-state index in [4.69, 9.17) is 4.74 Å². The summed E-state index contributed by atoms with van der Waals surface area (Å²) in [5.74, 6) is 0.246. The number of fused-ring (bicyclic) bond motifs is 1. The second kappa shape index (κ2) is 8.53. The van der Waals surface area contributed by atoms with Crippen LogP contribution in [0.15, 0.2) is 60.7 Å². The lowest BCUT2D eigenvalue weighted by molar-refractivity contribution is -0.384. The van der Waals surface area contributed by atoms with E-state index in [0.29, 0.717) is 30.2 Å². The van der Waals surface area contributed by atoms with Crippen molar-refractivity contribution in [3.8, 4) is 28.3 Å². The monoisotopic (exact) mass is 420 g/mol. The summed E-state index contributed by atoms with van der Waals surface area (Å²) in [4.78, 5) is 20.6. The van der Waals surface area contributed by atoms with Crippen LogP contribution in [-0.2, 0) is 0 Å². The first-order valence-corrected chi connectivity index (χ1v) is 9.74. The lowest BCUT2D eigenvalue weighted by atomic mass is 10.0. The fourth-order valence-corrected chi connectivity index (χ4v) is 3.35. The van der Waals surface area contributed by atoms with Gasteiger partial charge in [-0.25, -0.2) is 9.37 Å². The molecule has 0 unspecified atom stereocenters. The summed E-state index contributed by atoms with van der Waals surface area (Å²) in [5.41, 5.74) is 1.36. The zero-order valence-corrected chi connectivity index (χ0v) is 17.1. The highest BCUT2D eigenvalue weighted by Gasteiger charge is 2.23. The van der Waals surface area contributed by atoms with Crippen molar-refractivity contribution < 1.29 is 14.1 Å². The van der Waals surface area contributed by atoms with Gasteiger partial charge in [-0.3, -0.25) is 10.1 Å². The van der Waals surface area contributed by atoms with Crippen LogP contribution in [0, 0.1) is 15.9 Å². The third-order valence-electron chi connectivity index (χ3n) is 4.90. The van der Waals surface area contributed by atoms with Gasteiger partial charge in [-0.15, -0.1) is 0 Å². The van der Waals surface area contributed by atoms with Gasteiger partial charge < -0.3 is 14.6 Å². The number of ether oxygens (including phenoxy) is 1. The van der Waals surface area contributed by atoms with Crippen molar-refractivity contribution in [1.29, 1.82) is 0 Å². The van der Waals surface area contributed by atoms with E-state index in [-0.39, 0.29) is 22.3 Å². The van der Waals surface area contributed by atoms with Crippen molar-refractivity contribution in [1.82, 2.24) is 14.9 Å². The van der Waals surface area contributed by atoms with Crippen LogP contribution in [-0.4, -0.2) is 47.0 Å². The lowest BCUT2D eigenvalue weighted by Crippen LogP contribution is -2.19. The van der Waals surface area contributed by atoms with Gasteiger partial charge in [0.25, 0.3) is 5.69 Å². The molecule has 158 valence electrons. The number of benzene rings is 3. The van der Waals surface area contributed by atoms with E-state index in [2.05, 4.69) is 9.97 Å². The second-order valence-electron chi connectivity index (χ2n) is 7.34. The molecule has 0 aliphatic rings. The molecule has 3 aromatic carbocycles. The number of aromatic nitrogens is 2.